The van der Waals surface area contributed by atoms with Crippen LogP contribution in [0.2, 0.25) is 0 Å². The second-order valence-corrected chi connectivity index (χ2v) is 5.37. The smallest absolute Gasteiger partial charge is 0.396 e. The molecule has 26 heavy (non-hydrogen) atoms. The number of hydrogen-bond donors (Lipinski definition) is 1. The van der Waals surface area contributed by atoms with E-state index in [1.54, 1.807) is 0 Å². The van der Waals surface area contributed by atoms with Gasteiger partial charge in [-0.25, -0.2) is 14.1 Å². The van der Waals surface area contributed by atoms with Crippen molar-refractivity contribution in [2.45, 2.75) is 12.1 Å². The largest absolute Gasteiger partial charge is 0.458 e. The number of nitrogens with two attached hydrogens (primary N) is 1. The average Bonchev–Trinajstić information content (AvgIpc) is 3.06. The van der Waals surface area contributed by atoms with Crippen molar-refractivity contribution in [2.24, 2.45) is 0 Å². The van der Waals surface area contributed by atoms with E-state index in [1.165, 1.54) is 23.1 Å². The van der Waals surface area contributed by atoms with Crippen LogP contribution in [0.15, 0.2) is 48.8 Å². The van der Waals surface area contributed by atoms with E-state index >= 15 is 0 Å². The minimum atomic E-state index is -5.69. The number of halogens is 6. The molecule has 3 aromatic rings. The van der Waals surface area contributed by atoms with Gasteiger partial charge in [-0.1, -0.05) is 12.1 Å². The third kappa shape index (κ3) is 3.09. The first kappa shape index (κ1) is 17.8. The molecular weight excluding hydrogens is 362 g/mol. The monoisotopic (exact) mass is 372 g/mol. The van der Waals surface area contributed by atoms with E-state index in [1.807, 2.05) is 0 Å². The highest BCUT2D eigenvalue weighted by atomic mass is 19.4. The zero-order valence-corrected chi connectivity index (χ0v) is 12.8. The summed E-state index contributed by atoms with van der Waals surface area (Å²) < 4.78 is 78.4. The quantitative estimate of drug-likeness (QED) is 0.551. The first-order valence-electron chi connectivity index (χ1n) is 7.12. The number of anilines is 1. The Balaban J connectivity index is 1.89. The fourth-order valence-corrected chi connectivity index (χ4v) is 2.17. The van der Waals surface area contributed by atoms with Crippen molar-refractivity contribution in [3.8, 4) is 17.1 Å². The van der Waals surface area contributed by atoms with Gasteiger partial charge in [0.25, 0.3) is 0 Å². The van der Waals surface area contributed by atoms with E-state index in [0.717, 1.165) is 18.2 Å². The lowest BCUT2D eigenvalue weighted by Gasteiger charge is -2.19. The third-order valence-electron chi connectivity index (χ3n) is 3.60. The Hall–Kier alpha value is -3.04. The van der Waals surface area contributed by atoms with Gasteiger partial charge in [0, 0.05) is 11.1 Å². The molecule has 136 valence electrons. The zero-order valence-electron chi connectivity index (χ0n) is 12.8. The lowest BCUT2D eigenvalue weighted by atomic mass is 10.1. The molecule has 3 rings (SSSR count). The molecule has 0 saturated heterocycles. The summed E-state index contributed by atoms with van der Waals surface area (Å²) in [5.41, 5.74) is 4.69. The molecule has 0 unspecified atom stereocenters. The minimum Gasteiger partial charge on any atom is -0.396 e. The van der Waals surface area contributed by atoms with Gasteiger partial charge in [0.05, 0.1) is 11.4 Å². The van der Waals surface area contributed by atoms with Crippen molar-refractivity contribution in [3.05, 3.63) is 60.2 Å². The van der Waals surface area contributed by atoms with Gasteiger partial charge in [-0.15, -0.1) is 5.10 Å². The maximum atomic E-state index is 13.5. The van der Waals surface area contributed by atoms with E-state index in [9.17, 15) is 26.3 Å². The van der Waals surface area contributed by atoms with E-state index in [4.69, 9.17) is 5.73 Å². The van der Waals surface area contributed by atoms with Crippen molar-refractivity contribution in [2.75, 3.05) is 5.73 Å². The van der Waals surface area contributed by atoms with Crippen LogP contribution in [0.25, 0.3) is 17.1 Å². The van der Waals surface area contributed by atoms with Gasteiger partial charge < -0.3 is 5.73 Å². The van der Waals surface area contributed by atoms with Crippen molar-refractivity contribution in [1.29, 1.82) is 0 Å². The van der Waals surface area contributed by atoms with E-state index < -0.39 is 23.5 Å². The Kier molecular flexibility index (Phi) is 4.13. The fourth-order valence-electron chi connectivity index (χ4n) is 2.17. The number of aromatic nitrogens is 3. The zero-order chi connectivity index (χ0) is 19.1. The molecule has 0 aliphatic carbocycles. The molecule has 0 spiro atoms. The minimum absolute atomic E-state index is 0.0469. The SMILES string of the molecule is Nc1ccc(-c2ncn(-c3ccc(C(F)(F)C(F)(F)F)cc3)n2)cc1F. The van der Waals surface area contributed by atoms with E-state index in [-0.39, 0.29) is 17.2 Å². The van der Waals surface area contributed by atoms with Crippen LogP contribution in [0.5, 0.6) is 0 Å². The number of rotatable bonds is 3. The van der Waals surface area contributed by atoms with Crippen LogP contribution in [0.4, 0.5) is 32.0 Å². The first-order valence-corrected chi connectivity index (χ1v) is 7.12. The summed E-state index contributed by atoms with van der Waals surface area (Å²) >= 11 is 0. The van der Waals surface area contributed by atoms with Crippen LogP contribution < -0.4 is 5.73 Å². The Morgan fingerprint density at radius 1 is 0.923 bits per heavy atom. The highest BCUT2D eigenvalue weighted by Crippen LogP contribution is 2.43. The Morgan fingerprint density at radius 3 is 2.15 bits per heavy atom. The van der Waals surface area contributed by atoms with E-state index in [2.05, 4.69) is 10.1 Å². The van der Waals surface area contributed by atoms with Gasteiger partial charge in [0.15, 0.2) is 5.82 Å². The molecule has 0 bridgehead atoms. The summed E-state index contributed by atoms with van der Waals surface area (Å²) in [6.45, 7) is 0. The standard InChI is InChI=1S/C16H10F6N4/c17-12-7-9(1-6-13(12)23)14-24-8-26(25-14)11-4-2-10(3-5-11)15(18,19)16(20,21)22/h1-8H,23H2. The summed E-state index contributed by atoms with van der Waals surface area (Å²) in [6, 6.07) is 7.38. The van der Waals surface area contributed by atoms with Gasteiger partial charge in [-0.05, 0) is 30.3 Å². The molecular formula is C16H10F6N4. The lowest BCUT2D eigenvalue weighted by molar-refractivity contribution is -0.289. The van der Waals surface area contributed by atoms with Gasteiger partial charge >= 0.3 is 12.1 Å². The Labute approximate surface area is 142 Å². The molecule has 10 heteroatoms. The average molecular weight is 372 g/mol. The Bertz CT molecular complexity index is 931. The summed E-state index contributed by atoms with van der Waals surface area (Å²) in [5, 5.41) is 4.05. The van der Waals surface area contributed by atoms with Crippen molar-refractivity contribution >= 4 is 5.69 Å². The topological polar surface area (TPSA) is 56.7 Å². The summed E-state index contributed by atoms with van der Waals surface area (Å²) in [6.07, 6.45) is -4.46. The van der Waals surface area contributed by atoms with Crippen LogP contribution in [0.3, 0.4) is 0 Å². The predicted octanol–water partition coefficient (Wildman–Crippen LogP) is 4.31. The summed E-state index contributed by atoms with van der Waals surface area (Å²) in [4.78, 5) is 3.96. The molecule has 0 fully saturated rings. The van der Waals surface area contributed by atoms with Crippen molar-refractivity contribution in [3.63, 3.8) is 0 Å². The van der Waals surface area contributed by atoms with Gasteiger partial charge in [0.2, 0.25) is 0 Å². The van der Waals surface area contributed by atoms with Gasteiger partial charge in [-0.2, -0.15) is 22.0 Å². The molecule has 1 heterocycles. The van der Waals surface area contributed by atoms with Crippen molar-refractivity contribution in [1.82, 2.24) is 14.8 Å². The molecule has 0 atom stereocenters. The predicted molar refractivity (Wildman–Crippen MR) is 81.1 cm³/mol. The number of nitrogen functional groups attached to an aromatic ring is 1. The number of benzene rings is 2. The van der Waals surface area contributed by atoms with Crippen LogP contribution >= 0.6 is 0 Å². The molecule has 0 aliphatic heterocycles. The highest BCUT2D eigenvalue weighted by Gasteiger charge is 2.58. The fraction of sp³-hybridized carbons (Fsp3) is 0.125. The molecule has 2 N–H and O–H groups in total. The first-order chi connectivity index (χ1) is 12.1. The normalized spacial score (nSPS) is 12.4. The highest BCUT2D eigenvalue weighted by molar-refractivity contribution is 5.59. The van der Waals surface area contributed by atoms with E-state index in [0.29, 0.717) is 17.7 Å². The second kappa shape index (κ2) is 6.04. The lowest BCUT2D eigenvalue weighted by Crippen LogP contribution is -2.33. The van der Waals surface area contributed by atoms with Gasteiger partial charge in [-0.3, -0.25) is 0 Å². The van der Waals surface area contributed by atoms with Crippen LogP contribution in [0, 0.1) is 5.82 Å². The molecule has 4 nitrogen and oxygen atoms in total. The van der Waals surface area contributed by atoms with Crippen LogP contribution in [0.1, 0.15) is 5.56 Å². The molecule has 0 saturated carbocycles. The maximum absolute atomic E-state index is 13.5. The van der Waals surface area contributed by atoms with Crippen LogP contribution in [-0.4, -0.2) is 20.9 Å². The maximum Gasteiger partial charge on any atom is 0.458 e. The number of hydrogen-bond acceptors (Lipinski definition) is 3. The number of nitrogens with zero attached hydrogens (tertiary/aromatic N) is 3. The Morgan fingerprint density at radius 2 is 1.58 bits per heavy atom. The molecule has 1 aromatic heterocycles. The molecule has 0 aliphatic rings. The molecule has 0 amide bonds. The molecule has 2 aromatic carbocycles. The third-order valence-corrected chi connectivity index (χ3v) is 3.60. The van der Waals surface area contributed by atoms with Crippen molar-refractivity contribution < 1.29 is 26.3 Å². The number of alkyl halides is 5. The summed E-state index contributed by atoms with van der Waals surface area (Å²) in [5.74, 6) is -5.48. The van der Waals surface area contributed by atoms with Gasteiger partial charge in [0.1, 0.15) is 12.1 Å². The summed E-state index contributed by atoms with van der Waals surface area (Å²) in [7, 11) is 0. The van der Waals surface area contributed by atoms with Crippen LogP contribution in [-0.2, 0) is 5.92 Å². The second-order valence-electron chi connectivity index (χ2n) is 5.37. The molecule has 0 radical (unpaired) electrons.